The van der Waals surface area contributed by atoms with E-state index in [0.717, 1.165) is 16.2 Å². The van der Waals surface area contributed by atoms with E-state index in [1.807, 2.05) is 37.3 Å². The molecule has 3 aliphatic rings. The first-order chi connectivity index (χ1) is 15.5. The van der Waals surface area contributed by atoms with Gasteiger partial charge in [0.25, 0.3) is 5.91 Å². The summed E-state index contributed by atoms with van der Waals surface area (Å²) in [5.41, 5.74) is 2.68. The van der Waals surface area contributed by atoms with Crippen LogP contribution in [0.4, 0.5) is 5.69 Å². The molecule has 0 aromatic heterocycles. The van der Waals surface area contributed by atoms with Crippen LogP contribution in [-0.4, -0.2) is 42.3 Å². The Hall–Kier alpha value is -3.94. The Morgan fingerprint density at radius 3 is 2.59 bits per heavy atom. The van der Waals surface area contributed by atoms with Crippen molar-refractivity contribution in [3.8, 4) is 5.75 Å². The van der Waals surface area contributed by atoms with Gasteiger partial charge in [-0.1, -0.05) is 23.4 Å². The van der Waals surface area contributed by atoms with Gasteiger partial charge in [-0.25, -0.2) is 9.69 Å². The van der Waals surface area contributed by atoms with Gasteiger partial charge < -0.3 is 14.3 Å². The normalized spacial score (nSPS) is 23.6. The monoisotopic (exact) mass is 432 g/mol. The van der Waals surface area contributed by atoms with Crippen molar-refractivity contribution in [3.05, 3.63) is 65.2 Å². The molecule has 0 N–H and O–H groups in total. The molecule has 32 heavy (non-hydrogen) atoms. The molecule has 0 radical (unpaired) electrons. The minimum absolute atomic E-state index is 0.259. The Morgan fingerprint density at radius 2 is 1.84 bits per heavy atom. The number of nitrogens with zero attached hydrogens (tertiary/aromatic N) is 2. The maximum absolute atomic E-state index is 13.3. The van der Waals surface area contributed by atoms with Gasteiger partial charge in [0.15, 0.2) is 0 Å². The largest absolute Gasteiger partial charge is 0.485 e. The van der Waals surface area contributed by atoms with E-state index in [9.17, 15) is 14.4 Å². The van der Waals surface area contributed by atoms with Crippen LogP contribution in [0.5, 0.6) is 5.75 Å². The lowest BCUT2D eigenvalue weighted by atomic mass is 9.89. The highest BCUT2D eigenvalue weighted by Crippen LogP contribution is 2.39. The third kappa shape index (κ3) is 3.07. The lowest BCUT2D eigenvalue weighted by molar-refractivity contribution is -0.126. The number of rotatable bonds is 4. The predicted octanol–water partition coefficient (Wildman–Crippen LogP) is 2.97. The van der Waals surface area contributed by atoms with Crippen molar-refractivity contribution in [1.29, 1.82) is 0 Å². The number of oxime groups is 1. The molecule has 2 aromatic rings. The van der Waals surface area contributed by atoms with Gasteiger partial charge in [-0.3, -0.25) is 9.59 Å². The van der Waals surface area contributed by atoms with Crippen LogP contribution >= 0.6 is 0 Å². The quantitative estimate of drug-likeness (QED) is 0.545. The molecule has 0 unspecified atom stereocenters. The van der Waals surface area contributed by atoms with Gasteiger partial charge in [0.2, 0.25) is 12.0 Å². The second-order valence-corrected chi connectivity index (χ2v) is 7.66. The molecule has 0 bridgehead atoms. The van der Waals surface area contributed by atoms with E-state index in [4.69, 9.17) is 14.3 Å². The zero-order valence-corrected chi connectivity index (χ0v) is 17.5. The van der Waals surface area contributed by atoms with Crippen molar-refractivity contribution in [2.75, 3.05) is 11.5 Å². The van der Waals surface area contributed by atoms with Gasteiger partial charge in [-0.05, 0) is 50.3 Å². The first kappa shape index (κ1) is 20.0. The number of fused-ring (bicyclic) bond motifs is 2. The minimum Gasteiger partial charge on any atom is -0.485 e. The van der Waals surface area contributed by atoms with Crippen LogP contribution in [-0.2, 0) is 19.2 Å². The molecule has 3 heterocycles. The number of hydrogen-bond donors (Lipinski definition) is 0. The van der Waals surface area contributed by atoms with Gasteiger partial charge in [-0.15, -0.1) is 0 Å². The summed E-state index contributed by atoms with van der Waals surface area (Å²) in [4.78, 5) is 44.7. The number of hydrogen-bond acceptors (Lipinski definition) is 7. The summed E-state index contributed by atoms with van der Waals surface area (Å²) in [5, 5.41) is 4.09. The van der Waals surface area contributed by atoms with Gasteiger partial charge in [0.1, 0.15) is 23.5 Å². The fourth-order valence-corrected chi connectivity index (χ4v) is 4.16. The molecule has 0 aliphatic carbocycles. The first-order valence-electron chi connectivity index (χ1n) is 10.4. The summed E-state index contributed by atoms with van der Waals surface area (Å²) in [6, 6.07) is 13.7. The van der Waals surface area contributed by atoms with Crippen LogP contribution in [0.3, 0.4) is 0 Å². The van der Waals surface area contributed by atoms with Crippen molar-refractivity contribution in [1.82, 2.24) is 0 Å². The third-order valence-corrected chi connectivity index (χ3v) is 5.72. The Bertz CT molecular complexity index is 1180. The van der Waals surface area contributed by atoms with Gasteiger partial charge >= 0.3 is 5.97 Å². The van der Waals surface area contributed by atoms with E-state index in [0.29, 0.717) is 22.5 Å². The van der Waals surface area contributed by atoms with Crippen molar-refractivity contribution >= 4 is 35.3 Å². The van der Waals surface area contributed by atoms with Gasteiger partial charge in [0.05, 0.1) is 17.9 Å². The SMILES string of the molecule is CCOC(=O)c1ccc(N2C(=O)[C@H]3C(C4=Cc5ccccc5O[C@H]4C)=NO[C@H]3C2=O)cc1. The molecule has 5 rings (SSSR count). The number of anilines is 1. The molecule has 162 valence electrons. The average Bonchev–Trinajstić information content (AvgIpc) is 3.33. The Kier molecular flexibility index (Phi) is 4.77. The van der Waals surface area contributed by atoms with Crippen LogP contribution in [0.2, 0.25) is 0 Å². The predicted molar refractivity (Wildman–Crippen MR) is 115 cm³/mol. The van der Waals surface area contributed by atoms with Crippen molar-refractivity contribution in [2.45, 2.75) is 26.1 Å². The molecule has 3 atom stereocenters. The molecule has 2 amide bonds. The Labute approximate surface area is 184 Å². The van der Waals surface area contributed by atoms with E-state index in [-0.39, 0.29) is 12.7 Å². The minimum atomic E-state index is -1.02. The van der Waals surface area contributed by atoms with E-state index >= 15 is 0 Å². The first-order valence-corrected chi connectivity index (χ1v) is 10.4. The number of esters is 1. The van der Waals surface area contributed by atoms with Crippen LogP contribution < -0.4 is 9.64 Å². The van der Waals surface area contributed by atoms with E-state index < -0.39 is 29.8 Å². The molecule has 2 aromatic carbocycles. The van der Waals surface area contributed by atoms with Crippen LogP contribution in [0, 0.1) is 5.92 Å². The number of carbonyl (C=O) groups excluding carboxylic acids is 3. The van der Waals surface area contributed by atoms with Crippen molar-refractivity contribution in [2.24, 2.45) is 11.1 Å². The fourth-order valence-electron chi connectivity index (χ4n) is 4.16. The topological polar surface area (TPSA) is 94.5 Å². The molecular weight excluding hydrogens is 412 g/mol. The zero-order chi connectivity index (χ0) is 22.4. The summed E-state index contributed by atoms with van der Waals surface area (Å²) < 4.78 is 10.9. The van der Waals surface area contributed by atoms with Crippen molar-refractivity contribution < 1.29 is 28.7 Å². The van der Waals surface area contributed by atoms with Crippen LogP contribution in [0.15, 0.2) is 59.3 Å². The lowest BCUT2D eigenvalue weighted by Gasteiger charge is -2.25. The molecule has 3 aliphatic heterocycles. The van der Waals surface area contributed by atoms with E-state index in [1.54, 1.807) is 19.1 Å². The maximum atomic E-state index is 13.3. The maximum Gasteiger partial charge on any atom is 0.338 e. The number of para-hydroxylation sites is 1. The highest BCUT2D eigenvalue weighted by molar-refractivity contribution is 6.33. The standard InChI is InChI=1S/C24H20N2O6/c1-3-30-24(29)14-8-10-16(11-9-14)26-22(27)19-20(25-32-21(19)23(26)28)17-12-15-6-4-5-7-18(15)31-13(17)2/h4-13,19,21H,3H2,1-2H3/t13-,19-,21+/m0/s1. The smallest absolute Gasteiger partial charge is 0.338 e. The Morgan fingerprint density at radius 1 is 1.09 bits per heavy atom. The molecule has 8 heteroatoms. The number of amides is 2. The fraction of sp³-hybridized carbons (Fsp3) is 0.250. The number of benzene rings is 2. The summed E-state index contributed by atoms with van der Waals surface area (Å²) in [6.45, 7) is 3.84. The second kappa shape index (κ2) is 7.64. The highest BCUT2D eigenvalue weighted by atomic mass is 16.7. The number of ether oxygens (including phenoxy) is 2. The average molecular weight is 432 g/mol. The second-order valence-electron chi connectivity index (χ2n) is 7.66. The summed E-state index contributed by atoms with van der Waals surface area (Å²) in [5.74, 6) is -1.49. The summed E-state index contributed by atoms with van der Waals surface area (Å²) in [6.07, 6.45) is 0.544. The molecule has 0 spiro atoms. The summed E-state index contributed by atoms with van der Waals surface area (Å²) in [7, 11) is 0. The van der Waals surface area contributed by atoms with Crippen LogP contribution in [0.1, 0.15) is 29.8 Å². The number of carbonyl (C=O) groups is 3. The molecule has 0 saturated carbocycles. The van der Waals surface area contributed by atoms with Gasteiger partial charge in [-0.2, -0.15) is 0 Å². The highest BCUT2D eigenvalue weighted by Gasteiger charge is 2.57. The molecular formula is C24H20N2O6. The summed E-state index contributed by atoms with van der Waals surface area (Å²) >= 11 is 0. The molecule has 1 fully saturated rings. The third-order valence-electron chi connectivity index (χ3n) is 5.72. The lowest BCUT2D eigenvalue weighted by Crippen LogP contribution is -2.35. The molecule has 8 nitrogen and oxygen atoms in total. The van der Waals surface area contributed by atoms with Gasteiger partial charge in [0, 0.05) is 11.1 Å². The Balaban J connectivity index is 1.44. The molecule has 1 saturated heterocycles. The van der Waals surface area contributed by atoms with Crippen LogP contribution in [0.25, 0.3) is 6.08 Å². The van der Waals surface area contributed by atoms with E-state index in [1.165, 1.54) is 12.1 Å². The van der Waals surface area contributed by atoms with E-state index in [2.05, 4.69) is 5.16 Å². The van der Waals surface area contributed by atoms with Crippen molar-refractivity contribution in [3.63, 3.8) is 0 Å². The number of imide groups is 1. The zero-order valence-electron chi connectivity index (χ0n) is 17.5.